The van der Waals surface area contributed by atoms with E-state index >= 15 is 0 Å². The third-order valence-corrected chi connectivity index (χ3v) is 12.2. The first-order chi connectivity index (χ1) is 33.0. The molecule has 0 aliphatic carbocycles. The summed E-state index contributed by atoms with van der Waals surface area (Å²) in [5.41, 5.74) is 0. The second-order valence-electron chi connectivity index (χ2n) is 18.9. The van der Waals surface area contributed by atoms with Crippen molar-refractivity contribution in [1.82, 2.24) is 5.32 Å². The molecule has 0 saturated heterocycles. The number of rotatable bonds is 47. The maximum Gasteiger partial charge on any atom is 0.472 e. The van der Waals surface area contributed by atoms with E-state index in [0.717, 1.165) is 116 Å². The Morgan fingerprint density at radius 2 is 0.882 bits per heavy atom. The summed E-state index contributed by atoms with van der Waals surface area (Å²) in [5.74, 6) is -0.202. The van der Waals surface area contributed by atoms with Crippen LogP contribution in [0, 0.1) is 0 Å². The molecular weight excluding hydrogens is 864 g/mol. The van der Waals surface area contributed by atoms with E-state index in [0.29, 0.717) is 17.4 Å². The number of quaternary nitrogens is 1. The van der Waals surface area contributed by atoms with Crippen LogP contribution in [0.15, 0.2) is 122 Å². The second-order valence-corrected chi connectivity index (χ2v) is 20.3. The summed E-state index contributed by atoms with van der Waals surface area (Å²) in [6, 6.07) is -0.865. The summed E-state index contributed by atoms with van der Waals surface area (Å²) < 4.78 is 23.6. The van der Waals surface area contributed by atoms with Crippen LogP contribution in [-0.4, -0.2) is 73.4 Å². The van der Waals surface area contributed by atoms with Gasteiger partial charge in [0.2, 0.25) is 5.91 Å². The minimum Gasteiger partial charge on any atom is -0.387 e. The molecule has 0 spiro atoms. The number of phosphoric ester groups is 1. The van der Waals surface area contributed by atoms with Crippen molar-refractivity contribution in [3.05, 3.63) is 122 Å². The number of aliphatic hydroxyl groups excluding tert-OH is 1. The molecule has 0 rings (SSSR count). The van der Waals surface area contributed by atoms with Gasteiger partial charge in [-0.1, -0.05) is 219 Å². The number of hydrogen-bond donors (Lipinski definition) is 3. The lowest BCUT2D eigenvalue weighted by Crippen LogP contribution is -2.45. The van der Waals surface area contributed by atoms with Gasteiger partial charge in [0.15, 0.2) is 0 Å². The van der Waals surface area contributed by atoms with Gasteiger partial charge in [0.1, 0.15) is 13.2 Å². The van der Waals surface area contributed by atoms with E-state index in [1.165, 1.54) is 57.8 Å². The van der Waals surface area contributed by atoms with Gasteiger partial charge in [0.25, 0.3) is 0 Å². The summed E-state index contributed by atoms with van der Waals surface area (Å²) in [6.45, 7) is 4.66. The van der Waals surface area contributed by atoms with Crippen molar-refractivity contribution in [3.63, 3.8) is 0 Å². The third-order valence-electron chi connectivity index (χ3n) is 11.2. The predicted molar refractivity (Wildman–Crippen MR) is 295 cm³/mol. The number of allylic oxidation sites excluding steroid dienone is 19. The Kier molecular flexibility index (Phi) is 46.7. The first kappa shape index (κ1) is 64.9. The number of nitrogens with one attached hydrogen (secondary N) is 1. The normalized spacial score (nSPS) is 15.0. The molecule has 0 aliphatic heterocycles. The number of carbonyl (C=O) groups excluding carboxylic acids is 1. The van der Waals surface area contributed by atoms with Crippen molar-refractivity contribution in [2.24, 2.45) is 0 Å². The molecule has 1 amide bonds. The Labute approximate surface area is 418 Å². The lowest BCUT2D eigenvalue weighted by Gasteiger charge is -2.25. The Morgan fingerprint density at radius 3 is 1.29 bits per heavy atom. The second kappa shape index (κ2) is 48.9. The monoisotopic (exact) mass is 966 g/mol. The molecule has 0 fully saturated rings. The van der Waals surface area contributed by atoms with Gasteiger partial charge >= 0.3 is 7.82 Å². The molecule has 0 radical (unpaired) electrons. The van der Waals surface area contributed by atoms with Crippen molar-refractivity contribution in [1.29, 1.82) is 0 Å². The van der Waals surface area contributed by atoms with Crippen molar-refractivity contribution in [2.75, 3.05) is 40.9 Å². The highest BCUT2D eigenvalue weighted by atomic mass is 31.2. The van der Waals surface area contributed by atoms with Gasteiger partial charge in [0.05, 0.1) is 39.9 Å². The first-order valence-corrected chi connectivity index (χ1v) is 28.4. The van der Waals surface area contributed by atoms with E-state index in [4.69, 9.17) is 9.05 Å². The summed E-state index contributed by atoms with van der Waals surface area (Å²) in [5, 5.41) is 13.9. The number of likely N-dealkylation sites (N-methyl/N-ethyl adjacent to an activating group) is 1. The Hall–Kier alpha value is -3.10. The molecule has 0 saturated carbocycles. The largest absolute Gasteiger partial charge is 0.472 e. The molecule has 3 N–H and O–H groups in total. The highest BCUT2D eigenvalue weighted by molar-refractivity contribution is 7.47. The summed E-state index contributed by atoms with van der Waals surface area (Å²) in [7, 11) is 1.54. The average molecular weight is 966 g/mol. The Morgan fingerprint density at radius 1 is 0.515 bits per heavy atom. The van der Waals surface area contributed by atoms with Gasteiger partial charge in [-0.05, 0) is 89.9 Å². The van der Waals surface area contributed by atoms with Gasteiger partial charge in [-0.2, -0.15) is 0 Å². The molecular formula is C59H102N2O6P+. The highest BCUT2D eigenvalue weighted by Crippen LogP contribution is 2.43. The van der Waals surface area contributed by atoms with E-state index in [9.17, 15) is 19.4 Å². The van der Waals surface area contributed by atoms with Gasteiger partial charge < -0.3 is 19.8 Å². The van der Waals surface area contributed by atoms with Gasteiger partial charge in [-0.3, -0.25) is 13.8 Å². The Balaban J connectivity index is 4.27. The van der Waals surface area contributed by atoms with Crippen LogP contribution in [0.25, 0.3) is 0 Å². The fraction of sp³-hybridized carbons (Fsp3) is 0.644. The number of phosphoric acid groups is 1. The standard InChI is InChI=1S/C59H101N2O6P/c1-6-8-10-12-14-16-18-20-21-22-23-24-25-26-27-28-29-30-31-32-33-34-35-36-37-38-39-41-43-45-47-49-51-53-59(63)60-57(56-67-68(64,65)66-55-54-61(3,4)5)58(62)52-50-48-46-44-42-40-19-17-15-13-11-9-7-2/h8,10,14,16,20-21,23-24,26-27,29-30,32-33,35-36,38-39,50,52,57-58,62H,6-7,9,11-13,15,17-19,22,25,28,31,34,37,40-49,51,53-56H2,1-5H3,(H-,60,63,64,65)/p+1/b10-8-,16-14-,21-20-,24-23-,27-26-,30-29-,33-32-,36-35-,39-38-,52-50+. The van der Waals surface area contributed by atoms with Crippen LogP contribution in [0.1, 0.15) is 194 Å². The van der Waals surface area contributed by atoms with Gasteiger partial charge in [0, 0.05) is 6.42 Å². The zero-order chi connectivity index (χ0) is 49.9. The number of unbranched alkanes of at least 4 members (excludes halogenated alkanes) is 16. The highest BCUT2D eigenvalue weighted by Gasteiger charge is 2.27. The molecule has 0 aromatic rings. The lowest BCUT2D eigenvalue weighted by molar-refractivity contribution is -0.870. The number of nitrogens with zero attached hydrogens (tertiary/aromatic N) is 1. The van der Waals surface area contributed by atoms with Crippen molar-refractivity contribution in [3.8, 4) is 0 Å². The zero-order valence-electron chi connectivity index (χ0n) is 44.0. The van der Waals surface area contributed by atoms with Crippen LogP contribution < -0.4 is 5.32 Å². The Bertz CT molecular complexity index is 1510. The van der Waals surface area contributed by atoms with Crippen LogP contribution in [0.2, 0.25) is 0 Å². The maximum atomic E-state index is 12.9. The minimum atomic E-state index is -4.36. The van der Waals surface area contributed by atoms with Crippen molar-refractivity contribution in [2.45, 2.75) is 206 Å². The van der Waals surface area contributed by atoms with E-state index < -0.39 is 20.0 Å². The first-order valence-electron chi connectivity index (χ1n) is 26.9. The summed E-state index contributed by atoms with van der Waals surface area (Å²) in [6.07, 6.45) is 72.8. The van der Waals surface area contributed by atoms with Crippen molar-refractivity contribution >= 4 is 13.7 Å². The number of hydrogen-bond acceptors (Lipinski definition) is 5. The predicted octanol–water partition coefficient (Wildman–Crippen LogP) is 16.2. The van der Waals surface area contributed by atoms with Crippen LogP contribution in [0.5, 0.6) is 0 Å². The van der Waals surface area contributed by atoms with Crippen molar-refractivity contribution < 1.29 is 32.9 Å². The molecule has 0 aromatic carbocycles. The SMILES string of the molecule is CC/C=C\C/C=C\C/C=C\C/C=C\C/C=C\C/C=C\C/C=C\C/C=C\C/C=C\CCCCCCCC(=O)NC(COP(=O)(O)OCC[N+](C)(C)C)C(O)/C=C/CCCCCCCCCCCCC. The zero-order valence-corrected chi connectivity index (χ0v) is 44.9. The van der Waals surface area contributed by atoms with Gasteiger partial charge in [-0.15, -0.1) is 0 Å². The molecule has 68 heavy (non-hydrogen) atoms. The minimum absolute atomic E-state index is 0.0507. The summed E-state index contributed by atoms with van der Waals surface area (Å²) in [4.78, 5) is 23.2. The molecule has 0 aliphatic rings. The average Bonchev–Trinajstić information content (AvgIpc) is 3.30. The molecule has 0 heterocycles. The van der Waals surface area contributed by atoms with Crippen LogP contribution in [-0.2, 0) is 18.4 Å². The van der Waals surface area contributed by atoms with E-state index in [2.05, 4.69) is 129 Å². The van der Waals surface area contributed by atoms with Crippen LogP contribution in [0.3, 0.4) is 0 Å². The van der Waals surface area contributed by atoms with Crippen LogP contribution in [0.4, 0.5) is 0 Å². The number of aliphatic hydroxyl groups is 1. The topological polar surface area (TPSA) is 105 Å². The molecule has 0 bridgehead atoms. The smallest absolute Gasteiger partial charge is 0.387 e. The van der Waals surface area contributed by atoms with Crippen LogP contribution >= 0.6 is 7.82 Å². The lowest BCUT2D eigenvalue weighted by atomic mass is 10.0. The molecule has 3 atom stereocenters. The molecule has 3 unspecified atom stereocenters. The summed E-state index contributed by atoms with van der Waals surface area (Å²) >= 11 is 0. The molecule has 9 heteroatoms. The number of carbonyl (C=O) groups is 1. The van der Waals surface area contributed by atoms with E-state index in [-0.39, 0.29) is 19.1 Å². The van der Waals surface area contributed by atoms with Gasteiger partial charge in [-0.25, -0.2) is 4.57 Å². The van der Waals surface area contributed by atoms with E-state index in [1.807, 2.05) is 27.2 Å². The fourth-order valence-corrected chi connectivity index (χ4v) is 7.71. The quantitative estimate of drug-likeness (QED) is 0.0243. The molecule has 388 valence electrons. The van der Waals surface area contributed by atoms with E-state index in [1.54, 1.807) is 6.08 Å². The maximum absolute atomic E-state index is 12.9. The fourth-order valence-electron chi connectivity index (χ4n) is 6.97. The number of amides is 1. The molecule has 8 nitrogen and oxygen atoms in total. The molecule has 0 aromatic heterocycles. The third kappa shape index (κ3) is 50.8.